The quantitative estimate of drug-likeness (QED) is 0.470. The highest BCUT2D eigenvalue weighted by molar-refractivity contribution is 8.02. The lowest BCUT2D eigenvalue weighted by Crippen LogP contribution is -2.17. The monoisotopic (exact) mass is 483 g/mol. The van der Waals surface area contributed by atoms with Gasteiger partial charge in [-0.2, -0.15) is 0 Å². The van der Waals surface area contributed by atoms with Crippen LogP contribution in [0, 0.1) is 0 Å². The van der Waals surface area contributed by atoms with Crippen molar-refractivity contribution in [2.45, 2.75) is 21.8 Å². The minimum atomic E-state index is -2.93. The van der Waals surface area contributed by atoms with Crippen molar-refractivity contribution in [2.24, 2.45) is 0 Å². The molecule has 1 aliphatic heterocycles. The van der Waals surface area contributed by atoms with E-state index in [1.807, 2.05) is 0 Å². The van der Waals surface area contributed by atoms with Gasteiger partial charge >= 0.3 is 0 Å². The summed E-state index contributed by atoms with van der Waals surface area (Å²) < 4.78 is 23.6. The van der Waals surface area contributed by atoms with Crippen LogP contribution in [-0.2, 0) is 20.4 Å². The first kappa shape index (κ1) is 21.2. The van der Waals surface area contributed by atoms with Crippen LogP contribution in [0.2, 0.25) is 10.0 Å². The fraction of sp³-hybridized carbons (Fsp3) is 0.400. The maximum absolute atomic E-state index is 12.0. The smallest absolute Gasteiger partial charge is 0.236 e. The Morgan fingerprint density at radius 2 is 2.04 bits per heavy atom. The molecule has 1 N–H and O–H groups in total. The van der Waals surface area contributed by atoms with E-state index in [0.717, 1.165) is 5.56 Å². The summed E-state index contributed by atoms with van der Waals surface area (Å²) in [5.41, 5.74) is 0.828. The van der Waals surface area contributed by atoms with Gasteiger partial charge in [-0.3, -0.25) is 10.1 Å². The van der Waals surface area contributed by atoms with Crippen LogP contribution >= 0.6 is 58.1 Å². The zero-order chi connectivity index (χ0) is 19.4. The van der Waals surface area contributed by atoms with E-state index >= 15 is 0 Å². The lowest BCUT2D eigenvalue weighted by Gasteiger charge is -2.06. The van der Waals surface area contributed by atoms with Crippen molar-refractivity contribution in [3.63, 3.8) is 0 Å². The molecular formula is C15H15Cl2N3O3S4. The molecule has 1 fully saturated rings. The van der Waals surface area contributed by atoms with Crippen molar-refractivity contribution < 1.29 is 13.2 Å². The molecule has 12 heteroatoms. The number of nitrogens with zero attached hydrogens (tertiary/aromatic N) is 2. The minimum absolute atomic E-state index is 0.0124. The van der Waals surface area contributed by atoms with Crippen molar-refractivity contribution >= 4 is 78.9 Å². The highest BCUT2D eigenvalue weighted by atomic mass is 35.5. The van der Waals surface area contributed by atoms with Gasteiger partial charge in [0, 0.05) is 21.0 Å². The van der Waals surface area contributed by atoms with E-state index < -0.39 is 9.84 Å². The second-order valence-corrected chi connectivity index (χ2v) is 12.3. The summed E-state index contributed by atoms with van der Waals surface area (Å²) in [7, 11) is -2.93. The third-order valence-electron chi connectivity index (χ3n) is 3.70. The number of hydrogen-bond acceptors (Lipinski definition) is 8. The maximum Gasteiger partial charge on any atom is 0.236 e. The first-order valence-corrected chi connectivity index (χ1v) is 13.3. The molecule has 1 aromatic carbocycles. The molecule has 27 heavy (non-hydrogen) atoms. The van der Waals surface area contributed by atoms with Gasteiger partial charge in [0.05, 0.1) is 17.3 Å². The predicted molar refractivity (Wildman–Crippen MR) is 114 cm³/mol. The number of benzene rings is 1. The molecule has 0 radical (unpaired) electrons. The zero-order valence-corrected chi connectivity index (χ0v) is 18.6. The molecule has 1 atom stereocenters. The standard InChI is InChI=1S/C15H15Cl2N3O3S4/c16-11-2-1-3-12(17)10(11)6-25-15-20-19-14(26-15)18-13(21)7-24-9-4-5-27(22,23)8-9/h1-3,9H,4-8H2,(H,18,19,21)/t9-/m0/s1. The maximum atomic E-state index is 12.0. The Kier molecular flexibility index (Phi) is 7.32. The Hall–Kier alpha value is -0.520. The number of rotatable bonds is 7. The molecular weight excluding hydrogens is 469 g/mol. The number of nitrogens with one attached hydrogen (secondary N) is 1. The fourth-order valence-corrected chi connectivity index (χ4v) is 8.32. The molecule has 6 nitrogen and oxygen atoms in total. The largest absolute Gasteiger partial charge is 0.300 e. The second-order valence-electron chi connectivity index (χ2n) is 5.75. The highest BCUT2D eigenvalue weighted by Gasteiger charge is 2.28. The molecule has 0 spiro atoms. The van der Waals surface area contributed by atoms with Crippen molar-refractivity contribution in [1.82, 2.24) is 10.2 Å². The fourth-order valence-electron chi connectivity index (χ4n) is 2.36. The van der Waals surface area contributed by atoms with E-state index in [1.54, 1.807) is 18.2 Å². The van der Waals surface area contributed by atoms with E-state index in [-0.39, 0.29) is 28.4 Å². The third-order valence-corrected chi connectivity index (χ3v) is 9.68. The van der Waals surface area contributed by atoms with Gasteiger partial charge in [0.15, 0.2) is 14.2 Å². The van der Waals surface area contributed by atoms with Crippen molar-refractivity contribution in [1.29, 1.82) is 0 Å². The average molecular weight is 484 g/mol. The number of sulfone groups is 1. The summed E-state index contributed by atoms with van der Waals surface area (Å²) >= 11 is 16.4. The van der Waals surface area contributed by atoms with Crippen LogP contribution in [0.3, 0.4) is 0 Å². The number of anilines is 1. The summed E-state index contributed by atoms with van der Waals surface area (Å²) in [6.07, 6.45) is 0.602. The van der Waals surface area contributed by atoms with Gasteiger partial charge < -0.3 is 0 Å². The summed E-state index contributed by atoms with van der Waals surface area (Å²) in [5.74, 6) is 0.879. The van der Waals surface area contributed by atoms with E-state index in [9.17, 15) is 13.2 Å². The lowest BCUT2D eigenvalue weighted by molar-refractivity contribution is -0.113. The number of amides is 1. The zero-order valence-electron chi connectivity index (χ0n) is 13.9. The van der Waals surface area contributed by atoms with Crippen LogP contribution < -0.4 is 5.32 Å². The highest BCUT2D eigenvalue weighted by Crippen LogP contribution is 2.33. The molecule has 2 heterocycles. The van der Waals surface area contributed by atoms with Crippen LogP contribution in [0.25, 0.3) is 0 Å². The van der Waals surface area contributed by atoms with Crippen molar-refractivity contribution in [3.05, 3.63) is 33.8 Å². The second kappa shape index (κ2) is 9.32. The number of thioether (sulfide) groups is 2. The first-order chi connectivity index (χ1) is 12.8. The van der Waals surface area contributed by atoms with E-state index in [2.05, 4.69) is 15.5 Å². The first-order valence-electron chi connectivity index (χ1n) is 7.83. The normalized spacial score (nSPS) is 18.5. The van der Waals surface area contributed by atoms with Crippen molar-refractivity contribution in [3.8, 4) is 0 Å². The molecule has 2 aromatic rings. The van der Waals surface area contributed by atoms with E-state index in [4.69, 9.17) is 23.2 Å². The Morgan fingerprint density at radius 1 is 1.30 bits per heavy atom. The predicted octanol–water partition coefficient (Wildman–Crippen LogP) is 4.00. The molecule has 1 aliphatic rings. The summed E-state index contributed by atoms with van der Waals surface area (Å²) in [4.78, 5) is 12.0. The SMILES string of the molecule is O=C(CS[C@H]1CCS(=O)(=O)C1)Nc1nnc(SCc2c(Cl)cccc2Cl)s1. The summed E-state index contributed by atoms with van der Waals surface area (Å²) in [5, 5.41) is 12.3. The molecule has 0 aliphatic carbocycles. The average Bonchev–Trinajstić information content (AvgIpc) is 3.18. The molecule has 3 rings (SSSR count). The number of hydrogen-bond donors (Lipinski definition) is 1. The topological polar surface area (TPSA) is 89.0 Å². The number of carbonyl (C=O) groups is 1. The molecule has 1 amide bonds. The van der Waals surface area contributed by atoms with Crippen LogP contribution in [0.15, 0.2) is 22.5 Å². The Labute approximate surface area is 179 Å². The van der Waals surface area contributed by atoms with Crippen LogP contribution in [-0.4, -0.2) is 47.0 Å². The number of halogens is 2. The Balaban J connectivity index is 1.47. The molecule has 0 unspecified atom stereocenters. The van der Waals surface area contributed by atoms with Crippen LogP contribution in [0.5, 0.6) is 0 Å². The van der Waals surface area contributed by atoms with Gasteiger partial charge in [0.1, 0.15) is 0 Å². The van der Waals surface area contributed by atoms with Gasteiger partial charge in [-0.05, 0) is 24.1 Å². The van der Waals surface area contributed by atoms with Crippen molar-refractivity contribution in [2.75, 3.05) is 22.6 Å². The Bertz CT molecular complexity index is 916. The number of carbonyl (C=O) groups excluding carboxylic acids is 1. The molecule has 1 aromatic heterocycles. The third kappa shape index (κ3) is 6.23. The molecule has 146 valence electrons. The van der Waals surface area contributed by atoms with E-state index in [1.165, 1.54) is 34.9 Å². The van der Waals surface area contributed by atoms with Gasteiger partial charge in [-0.25, -0.2) is 8.42 Å². The van der Waals surface area contributed by atoms with Crippen LogP contribution in [0.1, 0.15) is 12.0 Å². The Morgan fingerprint density at radius 3 is 2.70 bits per heavy atom. The minimum Gasteiger partial charge on any atom is -0.300 e. The van der Waals surface area contributed by atoms with Gasteiger partial charge in [0.2, 0.25) is 11.0 Å². The van der Waals surface area contributed by atoms with Gasteiger partial charge in [0.25, 0.3) is 0 Å². The number of aromatic nitrogens is 2. The molecule has 0 saturated carbocycles. The summed E-state index contributed by atoms with van der Waals surface area (Å²) in [6.45, 7) is 0. The molecule has 1 saturated heterocycles. The summed E-state index contributed by atoms with van der Waals surface area (Å²) in [6, 6.07) is 5.35. The van der Waals surface area contributed by atoms with Gasteiger partial charge in [-0.15, -0.1) is 22.0 Å². The van der Waals surface area contributed by atoms with Gasteiger partial charge in [-0.1, -0.05) is 52.4 Å². The van der Waals surface area contributed by atoms with Crippen LogP contribution in [0.4, 0.5) is 5.13 Å². The molecule has 0 bridgehead atoms. The lowest BCUT2D eigenvalue weighted by atomic mass is 10.2. The van der Waals surface area contributed by atoms with E-state index in [0.29, 0.717) is 31.7 Å².